The quantitative estimate of drug-likeness (QED) is 0.671. The number of aromatic amines is 1. The van der Waals surface area contributed by atoms with Gasteiger partial charge in [-0.25, -0.2) is 0 Å². The molecular weight excluding hydrogens is 320 g/mol. The van der Waals surface area contributed by atoms with Crippen molar-refractivity contribution in [2.45, 2.75) is 34.6 Å². The van der Waals surface area contributed by atoms with Gasteiger partial charge in [0.05, 0.1) is 10.2 Å². The minimum absolute atomic E-state index is 0.128. The minimum atomic E-state index is -0.393. The smallest absolute Gasteiger partial charge is 0.261 e. The zero-order valence-electron chi connectivity index (χ0n) is 14.8. The number of hydrogen-bond donors (Lipinski definition) is 2. The molecule has 0 radical (unpaired) electrons. The molecule has 0 aliphatic carbocycles. The molecule has 1 amide bonds. The van der Waals surface area contributed by atoms with E-state index < -0.39 is 5.91 Å². The van der Waals surface area contributed by atoms with E-state index in [2.05, 4.69) is 10.3 Å². The maximum absolute atomic E-state index is 12.2. The van der Waals surface area contributed by atoms with E-state index in [0.717, 1.165) is 11.1 Å². The molecule has 2 aromatic heterocycles. The normalized spacial score (nSPS) is 9.38. The van der Waals surface area contributed by atoms with Crippen LogP contribution in [0.4, 0.5) is 5.69 Å². The Morgan fingerprint density at radius 2 is 1.75 bits per heavy atom. The van der Waals surface area contributed by atoms with Crippen molar-refractivity contribution in [1.29, 1.82) is 0 Å². The molecule has 3 aromatic rings. The van der Waals surface area contributed by atoms with Gasteiger partial charge in [0.25, 0.3) is 5.91 Å². The van der Waals surface area contributed by atoms with E-state index in [1.54, 1.807) is 0 Å². The first-order valence-electron chi connectivity index (χ1n) is 8.12. The number of carbonyl (C=O) groups excluding carboxylic acids is 1. The number of carbonyl (C=O) groups is 1. The highest BCUT2D eigenvalue weighted by atomic mass is 32.1. The van der Waals surface area contributed by atoms with Gasteiger partial charge in [0.1, 0.15) is 5.56 Å². The second-order valence-electron chi connectivity index (χ2n) is 4.46. The number of anilines is 1. The zero-order chi connectivity index (χ0) is 18.1. The van der Waals surface area contributed by atoms with Gasteiger partial charge in [-0.2, -0.15) is 0 Å². The van der Waals surface area contributed by atoms with Gasteiger partial charge >= 0.3 is 0 Å². The molecule has 0 saturated heterocycles. The molecule has 0 unspecified atom stereocenters. The van der Waals surface area contributed by atoms with Crippen LogP contribution in [0.1, 0.15) is 43.6 Å². The molecule has 0 aliphatic heterocycles. The molecule has 3 rings (SSSR count). The Balaban J connectivity index is 0.000000671. The third-order valence-corrected chi connectivity index (χ3v) is 4.04. The molecule has 5 heteroatoms. The number of thiophene rings is 1. The second kappa shape index (κ2) is 9.67. The van der Waals surface area contributed by atoms with Crippen LogP contribution in [0.15, 0.2) is 46.7 Å². The maximum Gasteiger partial charge on any atom is 0.261 e. The number of benzene rings is 1. The lowest BCUT2D eigenvalue weighted by Crippen LogP contribution is -2.21. The van der Waals surface area contributed by atoms with Gasteiger partial charge in [-0.05, 0) is 30.0 Å². The number of H-pyrrole nitrogens is 1. The molecule has 0 fully saturated rings. The predicted octanol–water partition coefficient (Wildman–Crippen LogP) is 5.20. The fourth-order valence-electron chi connectivity index (χ4n) is 2.01. The van der Waals surface area contributed by atoms with E-state index >= 15 is 0 Å². The Hall–Kier alpha value is -2.40. The van der Waals surface area contributed by atoms with Crippen LogP contribution >= 0.6 is 11.3 Å². The van der Waals surface area contributed by atoms with Crippen molar-refractivity contribution in [2.24, 2.45) is 0 Å². The summed E-state index contributed by atoms with van der Waals surface area (Å²) in [5.41, 5.74) is 2.31. The Labute approximate surface area is 146 Å². The van der Waals surface area contributed by atoms with Crippen LogP contribution in [0.3, 0.4) is 0 Å². The van der Waals surface area contributed by atoms with Crippen molar-refractivity contribution in [3.05, 3.63) is 63.3 Å². The number of rotatable bonds is 2. The Morgan fingerprint density at radius 3 is 2.42 bits per heavy atom. The maximum atomic E-state index is 12.2. The number of hydrogen-bond acceptors (Lipinski definition) is 3. The molecule has 0 atom stereocenters. The number of amides is 1. The lowest BCUT2D eigenvalue weighted by molar-refractivity contribution is 0.102. The summed E-state index contributed by atoms with van der Waals surface area (Å²) < 4.78 is 0.572. The van der Waals surface area contributed by atoms with E-state index in [0.29, 0.717) is 10.4 Å². The number of aromatic nitrogens is 1. The first kappa shape index (κ1) is 19.6. The van der Waals surface area contributed by atoms with E-state index in [1.807, 2.05) is 70.3 Å². The van der Waals surface area contributed by atoms with E-state index in [4.69, 9.17) is 0 Å². The third-order valence-electron chi connectivity index (χ3n) is 3.13. The lowest BCUT2D eigenvalue weighted by Gasteiger charge is -2.07. The topological polar surface area (TPSA) is 62.0 Å². The van der Waals surface area contributed by atoms with Crippen molar-refractivity contribution in [1.82, 2.24) is 4.98 Å². The highest BCUT2D eigenvalue weighted by Gasteiger charge is 2.14. The minimum Gasteiger partial charge on any atom is -0.359 e. The molecule has 0 spiro atoms. The van der Waals surface area contributed by atoms with E-state index in [1.165, 1.54) is 17.5 Å². The fraction of sp³-hybridized carbons (Fsp3) is 0.263. The molecule has 2 N–H and O–H groups in total. The van der Waals surface area contributed by atoms with Gasteiger partial charge < -0.3 is 10.3 Å². The van der Waals surface area contributed by atoms with Crippen molar-refractivity contribution < 1.29 is 4.79 Å². The molecule has 1 aromatic carbocycles. The summed E-state index contributed by atoms with van der Waals surface area (Å²) in [7, 11) is 0. The third kappa shape index (κ3) is 4.32. The second-order valence-corrected chi connectivity index (χ2v) is 5.38. The van der Waals surface area contributed by atoms with Gasteiger partial charge in [-0.1, -0.05) is 45.9 Å². The van der Waals surface area contributed by atoms with Gasteiger partial charge in [0.15, 0.2) is 0 Å². The number of aryl methyl sites for hydroxylation is 1. The summed E-state index contributed by atoms with van der Waals surface area (Å²) in [6, 6.07) is 9.28. The molecule has 4 nitrogen and oxygen atoms in total. The molecule has 0 saturated carbocycles. The fourth-order valence-corrected chi connectivity index (χ4v) is 2.82. The Morgan fingerprint density at radius 1 is 1.08 bits per heavy atom. The molecule has 0 aliphatic rings. The van der Waals surface area contributed by atoms with Gasteiger partial charge in [0, 0.05) is 11.9 Å². The molecule has 24 heavy (non-hydrogen) atoms. The van der Waals surface area contributed by atoms with Crippen LogP contribution in [0.2, 0.25) is 0 Å². The van der Waals surface area contributed by atoms with Gasteiger partial charge in [-0.15, -0.1) is 11.3 Å². The summed E-state index contributed by atoms with van der Waals surface area (Å²) >= 11 is 1.33. The summed E-state index contributed by atoms with van der Waals surface area (Å²) in [6.07, 6.45) is 1.46. The van der Waals surface area contributed by atoms with Crippen LogP contribution in [0.5, 0.6) is 0 Å². The van der Waals surface area contributed by atoms with Crippen LogP contribution < -0.4 is 10.7 Å². The van der Waals surface area contributed by atoms with E-state index in [-0.39, 0.29) is 11.0 Å². The van der Waals surface area contributed by atoms with Crippen LogP contribution in [-0.2, 0) is 0 Å². The number of para-hydroxylation sites is 1. The average Bonchev–Trinajstić information content (AvgIpc) is 3.10. The highest BCUT2D eigenvalue weighted by molar-refractivity contribution is 7.17. The highest BCUT2D eigenvalue weighted by Crippen LogP contribution is 2.17. The SMILES string of the molecule is CC.CC.Cc1ccccc1NC(=O)c1c[nH]c2ccsc2c1=O. The van der Waals surface area contributed by atoms with Crippen molar-refractivity contribution in [2.75, 3.05) is 5.32 Å². The van der Waals surface area contributed by atoms with Gasteiger partial charge in [-0.3, -0.25) is 9.59 Å². The molecule has 2 heterocycles. The molecular formula is C19H24N2O2S. The van der Waals surface area contributed by atoms with Crippen molar-refractivity contribution in [3.63, 3.8) is 0 Å². The summed E-state index contributed by atoms with van der Waals surface area (Å²) in [5, 5.41) is 4.59. The molecule has 128 valence electrons. The van der Waals surface area contributed by atoms with E-state index in [9.17, 15) is 9.59 Å². The zero-order valence-corrected chi connectivity index (χ0v) is 15.6. The average molecular weight is 344 g/mol. The lowest BCUT2D eigenvalue weighted by atomic mass is 10.2. The predicted molar refractivity (Wildman–Crippen MR) is 104 cm³/mol. The van der Waals surface area contributed by atoms with Gasteiger partial charge in [0.2, 0.25) is 5.43 Å². The summed E-state index contributed by atoms with van der Waals surface area (Å²) in [5.74, 6) is -0.393. The first-order valence-corrected chi connectivity index (χ1v) is 9.00. The van der Waals surface area contributed by atoms with Crippen molar-refractivity contribution >= 4 is 33.1 Å². The summed E-state index contributed by atoms with van der Waals surface area (Å²) in [4.78, 5) is 27.4. The monoisotopic (exact) mass is 344 g/mol. The van der Waals surface area contributed by atoms with Crippen LogP contribution in [0, 0.1) is 6.92 Å². The largest absolute Gasteiger partial charge is 0.359 e. The number of nitrogens with one attached hydrogen (secondary N) is 2. The number of pyridine rings is 1. The number of fused-ring (bicyclic) bond motifs is 1. The van der Waals surface area contributed by atoms with Crippen LogP contribution in [0.25, 0.3) is 10.2 Å². The molecule has 0 bridgehead atoms. The summed E-state index contributed by atoms with van der Waals surface area (Å²) in [6.45, 7) is 9.91. The Kier molecular flexibility index (Phi) is 7.92. The Bertz CT molecular complexity index is 850. The van der Waals surface area contributed by atoms with Crippen LogP contribution in [-0.4, -0.2) is 10.9 Å². The first-order chi connectivity index (χ1) is 11.7. The standard InChI is InChI=1S/C15H12N2O2S.2C2H6/c1-9-4-2-3-5-11(9)17-15(19)10-8-16-12-6-7-20-14(12)13(10)18;2*1-2/h2-8H,1H3,(H,16,18)(H,17,19);2*1-2H3. The van der Waals surface area contributed by atoms with Crippen molar-refractivity contribution in [3.8, 4) is 0 Å².